The molecule has 2 N–H and O–H groups in total. The van der Waals surface area contributed by atoms with Crippen LogP contribution in [0.1, 0.15) is 33.3 Å². The van der Waals surface area contributed by atoms with E-state index in [2.05, 4.69) is 53.0 Å². The van der Waals surface area contributed by atoms with E-state index in [9.17, 15) is 4.39 Å². The number of hydrogen-bond acceptors (Lipinski definition) is 5. The molecule has 7 nitrogen and oxygen atoms in total. The third kappa shape index (κ3) is 8.22. The summed E-state index contributed by atoms with van der Waals surface area (Å²) >= 11 is 0. The van der Waals surface area contributed by atoms with Gasteiger partial charge in [0.15, 0.2) is 5.96 Å². The van der Waals surface area contributed by atoms with E-state index < -0.39 is 0 Å². The fraction of sp³-hybridized carbons (Fsp3) is 0.708. The van der Waals surface area contributed by atoms with E-state index in [4.69, 9.17) is 9.73 Å². The van der Waals surface area contributed by atoms with Crippen molar-refractivity contribution in [2.45, 2.75) is 39.8 Å². The number of anilines is 1. The minimum Gasteiger partial charge on any atom is -0.379 e. The van der Waals surface area contributed by atoms with Crippen molar-refractivity contribution in [2.24, 2.45) is 4.99 Å². The molecule has 2 aliphatic rings. The fourth-order valence-corrected chi connectivity index (χ4v) is 4.30. The number of aliphatic imine (C=N–C) groups is 1. The summed E-state index contributed by atoms with van der Waals surface area (Å²) in [5.41, 5.74) is 1.57. The first-order chi connectivity index (χ1) is 15.4. The molecule has 0 amide bonds. The molecule has 2 aliphatic heterocycles. The molecular formula is C24H42FIN6O. The van der Waals surface area contributed by atoms with Crippen molar-refractivity contribution >= 4 is 35.6 Å². The second kappa shape index (κ2) is 13.7. The number of benzene rings is 1. The highest BCUT2D eigenvalue weighted by Gasteiger charge is 2.28. The SMILES string of the molecule is CCNC(=NCc1ccc(N2CCN(CC)CC2)c(F)c1)NCC(C)(C)N1CCOCC1.I. The molecule has 0 radical (unpaired) electrons. The predicted molar refractivity (Wildman–Crippen MR) is 145 cm³/mol. The molecule has 0 aromatic heterocycles. The van der Waals surface area contributed by atoms with Gasteiger partial charge in [0.25, 0.3) is 0 Å². The molecule has 0 bridgehead atoms. The summed E-state index contributed by atoms with van der Waals surface area (Å²) in [6.07, 6.45) is 0. The Morgan fingerprint density at radius 2 is 1.76 bits per heavy atom. The summed E-state index contributed by atoms with van der Waals surface area (Å²) in [4.78, 5) is 11.7. The lowest BCUT2D eigenvalue weighted by molar-refractivity contribution is -0.00834. The third-order valence-corrected chi connectivity index (χ3v) is 6.49. The van der Waals surface area contributed by atoms with Gasteiger partial charge in [0.2, 0.25) is 0 Å². The standard InChI is InChI=1S/C24H41FN6O.HI/c1-5-26-23(28-19-24(3,4)31-13-15-32-16-14-31)27-18-20-7-8-22(21(25)17-20)30-11-9-29(6-2)10-12-30;/h7-8,17H,5-6,9-16,18-19H2,1-4H3,(H2,26,27,28);1H. The van der Waals surface area contributed by atoms with Gasteiger partial charge >= 0.3 is 0 Å². The van der Waals surface area contributed by atoms with Gasteiger partial charge in [-0.25, -0.2) is 9.38 Å². The Hall–Kier alpha value is -1.17. The van der Waals surface area contributed by atoms with E-state index in [-0.39, 0.29) is 35.3 Å². The van der Waals surface area contributed by atoms with Gasteiger partial charge in [0.1, 0.15) is 5.82 Å². The van der Waals surface area contributed by atoms with Crippen LogP contribution in [0.3, 0.4) is 0 Å². The largest absolute Gasteiger partial charge is 0.379 e. The highest BCUT2D eigenvalue weighted by molar-refractivity contribution is 14.0. The average molecular weight is 577 g/mol. The molecule has 2 fully saturated rings. The second-order valence-electron chi connectivity index (χ2n) is 9.17. The van der Waals surface area contributed by atoms with Crippen molar-refractivity contribution in [1.82, 2.24) is 20.4 Å². The fourth-order valence-electron chi connectivity index (χ4n) is 4.30. The summed E-state index contributed by atoms with van der Waals surface area (Å²) in [6, 6.07) is 5.53. The Bertz CT molecular complexity index is 748. The van der Waals surface area contributed by atoms with Crippen LogP contribution in [0.4, 0.5) is 10.1 Å². The van der Waals surface area contributed by atoms with Crippen molar-refractivity contribution in [3.05, 3.63) is 29.6 Å². The van der Waals surface area contributed by atoms with Crippen molar-refractivity contribution in [2.75, 3.05) is 77.0 Å². The van der Waals surface area contributed by atoms with E-state index >= 15 is 0 Å². The molecule has 1 aromatic carbocycles. The number of morpholine rings is 1. The third-order valence-electron chi connectivity index (χ3n) is 6.49. The Morgan fingerprint density at radius 1 is 1.06 bits per heavy atom. The summed E-state index contributed by atoms with van der Waals surface area (Å²) < 4.78 is 20.3. The van der Waals surface area contributed by atoms with Crippen LogP contribution in [0.25, 0.3) is 0 Å². The Morgan fingerprint density at radius 3 is 2.36 bits per heavy atom. The summed E-state index contributed by atoms with van der Waals surface area (Å²) in [5.74, 6) is 0.600. The van der Waals surface area contributed by atoms with Crippen LogP contribution in [-0.4, -0.2) is 93.4 Å². The van der Waals surface area contributed by atoms with Crippen molar-refractivity contribution in [3.63, 3.8) is 0 Å². The summed E-state index contributed by atoms with van der Waals surface area (Å²) in [6.45, 7) is 18.9. The maximum Gasteiger partial charge on any atom is 0.191 e. The van der Waals surface area contributed by atoms with Crippen molar-refractivity contribution < 1.29 is 9.13 Å². The summed E-state index contributed by atoms with van der Waals surface area (Å²) in [7, 11) is 0. The topological polar surface area (TPSA) is 55.4 Å². The Balaban J connectivity index is 0.00000385. The molecule has 2 heterocycles. The lowest BCUT2D eigenvalue weighted by Crippen LogP contribution is -2.56. The van der Waals surface area contributed by atoms with Crippen LogP contribution < -0.4 is 15.5 Å². The zero-order valence-corrected chi connectivity index (χ0v) is 23.0. The molecule has 188 valence electrons. The lowest BCUT2D eigenvalue weighted by Gasteiger charge is -2.41. The maximum atomic E-state index is 14.8. The first-order valence-electron chi connectivity index (χ1n) is 12.0. The van der Waals surface area contributed by atoms with Gasteiger partial charge in [-0.05, 0) is 45.0 Å². The van der Waals surface area contributed by atoms with Crippen LogP contribution in [-0.2, 0) is 11.3 Å². The van der Waals surface area contributed by atoms with Crippen molar-refractivity contribution in [3.8, 4) is 0 Å². The molecule has 0 atom stereocenters. The molecule has 0 saturated carbocycles. The van der Waals surface area contributed by atoms with Gasteiger partial charge in [-0.15, -0.1) is 24.0 Å². The van der Waals surface area contributed by atoms with E-state index in [0.29, 0.717) is 12.2 Å². The van der Waals surface area contributed by atoms with E-state index in [1.54, 1.807) is 6.07 Å². The minimum absolute atomic E-state index is 0. The number of rotatable bonds is 8. The second-order valence-corrected chi connectivity index (χ2v) is 9.17. The number of nitrogens with one attached hydrogen (secondary N) is 2. The maximum absolute atomic E-state index is 14.8. The number of piperazine rings is 1. The average Bonchev–Trinajstić information content (AvgIpc) is 2.81. The monoisotopic (exact) mass is 576 g/mol. The Labute approximate surface area is 216 Å². The number of halogens is 2. The van der Waals surface area contributed by atoms with Gasteiger partial charge in [0.05, 0.1) is 25.4 Å². The Kier molecular flexibility index (Phi) is 11.6. The molecule has 9 heteroatoms. The number of guanidine groups is 1. The highest BCUT2D eigenvalue weighted by atomic mass is 127. The molecular weight excluding hydrogens is 534 g/mol. The summed E-state index contributed by atoms with van der Waals surface area (Å²) in [5, 5.41) is 6.77. The first-order valence-corrected chi connectivity index (χ1v) is 12.0. The van der Waals surface area contributed by atoms with Crippen LogP contribution >= 0.6 is 24.0 Å². The quantitative estimate of drug-likeness (QED) is 0.282. The minimum atomic E-state index is -0.158. The first kappa shape index (κ1) is 28.1. The number of nitrogens with zero attached hydrogens (tertiary/aromatic N) is 4. The van der Waals surface area contributed by atoms with Crippen LogP contribution in [0.15, 0.2) is 23.2 Å². The van der Waals surface area contributed by atoms with Gasteiger partial charge in [-0.2, -0.15) is 0 Å². The molecule has 1 aromatic rings. The van der Waals surface area contributed by atoms with Crippen LogP contribution in [0.2, 0.25) is 0 Å². The highest BCUT2D eigenvalue weighted by Crippen LogP contribution is 2.22. The molecule has 2 saturated heterocycles. The van der Waals surface area contributed by atoms with Gasteiger partial charge < -0.3 is 25.2 Å². The number of likely N-dealkylation sites (N-methyl/N-ethyl adjacent to an activating group) is 1. The van der Waals surface area contributed by atoms with Crippen LogP contribution in [0, 0.1) is 5.82 Å². The van der Waals surface area contributed by atoms with Crippen molar-refractivity contribution in [1.29, 1.82) is 0 Å². The van der Waals surface area contributed by atoms with Gasteiger partial charge in [-0.1, -0.05) is 13.0 Å². The van der Waals surface area contributed by atoms with Crippen LogP contribution in [0.5, 0.6) is 0 Å². The zero-order chi connectivity index (χ0) is 23.0. The smallest absolute Gasteiger partial charge is 0.191 e. The molecule has 0 unspecified atom stereocenters. The normalized spacial score (nSPS) is 18.7. The van der Waals surface area contributed by atoms with E-state index in [1.807, 2.05) is 12.1 Å². The molecule has 0 aliphatic carbocycles. The zero-order valence-electron chi connectivity index (χ0n) is 20.7. The predicted octanol–water partition coefficient (Wildman–Crippen LogP) is 2.75. The van der Waals surface area contributed by atoms with E-state index in [1.165, 1.54) is 0 Å². The lowest BCUT2D eigenvalue weighted by atomic mass is 10.0. The van der Waals surface area contributed by atoms with E-state index in [0.717, 1.165) is 83.6 Å². The molecule has 0 spiro atoms. The van der Waals surface area contributed by atoms with Gasteiger partial charge in [-0.3, -0.25) is 4.90 Å². The molecule has 33 heavy (non-hydrogen) atoms. The van der Waals surface area contributed by atoms with Gasteiger partial charge in [0, 0.05) is 57.9 Å². The number of hydrogen-bond donors (Lipinski definition) is 2. The molecule has 3 rings (SSSR count). The number of ether oxygens (including phenoxy) is 1.